The Morgan fingerprint density at radius 2 is 1.95 bits per heavy atom. The first kappa shape index (κ1) is 18.9. The molecule has 1 rings (SSSR count). The Balaban J connectivity index is 1.98. The molecule has 0 aromatic heterocycles. The van der Waals surface area contributed by atoms with Crippen LogP contribution in [-0.2, 0) is 9.53 Å². The van der Waals surface area contributed by atoms with Gasteiger partial charge in [-0.25, -0.2) is 4.79 Å². The van der Waals surface area contributed by atoms with Crippen LogP contribution in [0, 0.1) is 0 Å². The molecule has 1 saturated heterocycles. The molecule has 0 aromatic rings. The van der Waals surface area contributed by atoms with Crippen LogP contribution >= 0.6 is 0 Å². The van der Waals surface area contributed by atoms with E-state index in [0.29, 0.717) is 0 Å². The van der Waals surface area contributed by atoms with Gasteiger partial charge in [0.15, 0.2) is 0 Å². The summed E-state index contributed by atoms with van der Waals surface area (Å²) in [5.41, 5.74) is 0. The molecule has 3 atom stereocenters. The van der Waals surface area contributed by atoms with Crippen LogP contribution in [0.2, 0.25) is 0 Å². The second-order valence-electron chi connectivity index (χ2n) is 5.97. The molecule has 4 nitrogen and oxygen atoms in total. The fraction of sp³-hybridized carbons (Fsp3) is 0.722. The van der Waals surface area contributed by atoms with Crippen molar-refractivity contribution in [1.82, 2.24) is 0 Å². The van der Waals surface area contributed by atoms with Gasteiger partial charge in [-0.15, -0.1) is 0 Å². The number of ether oxygens (including phenoxy) is 1. The highest BCUT2D eigenvalue weighted by Crippen LogP contribution is 2.32. The van der Waals surface area contributed by atoms with Gasteiger partial charge in [-0.2, -0.15) is 0 Å². The number of allylic oxidation sites excluding steroid dienone is 3. The first-order valence-corrected chi connectivity index (χ1v) is 8.54. The lowest BCUT2D eigenvalue weighted by Crippen LogP contribution is -2.16. The molecular weight excluding hydrogens is 280 g/mol. The normalized spacial score (nSPS) is 22.5. The van der Waals surface area contributed by atoms with E-state index in [4.69, 9.17) is 9.84 Å². The molecule has 0 radical (unpaired) electrons. The molecule has 0 amide bonds. The average molecular weight is 310 g/mol. The van der Waals surface area contributed by atoms with Crippen molar-refractivity contribution in [3.8, 4) is 0 Å². The molecule has 0 saturated carbocycles. The van der Waals surface area contributed by atoms with Crippen LogP contribution in [0.25, 0.3) is 0 Å². The Labute approximate surface area is 133 Å². The summed E-state index contributed by atoms with van der Waals surface area (Å²) in [6, 6.07) is 0. The fourth-order valence-electron chi connectivity index (χ4n) is 2.60. The Hall–Kier alpha value is -1.13. The maximum Gasteiger partial charge on any atom is 0.328 e. The summed E-state index contributed by atoms with van der Waals surface area (Å²) in [6.45, 7) is 2.20. The fourth-order valence-corrected chi connectivity index (χ4v) is 2.60. The number of unbranched alkanes of at least 4 members (excludes halogenated alkanes) is 5. The molecule has 3 unspecified atom stereocenters. The van der Waals surface area contributed by atoms with Crippen molar-refractivity contribution >= 4 is 5.97 Å². The van der Waals surface area contributed by atoms with Gasteiger partial charge in [-0.05, 0) is 25.7 Å². The Bertz CT molecular complexity index is 362. The SMILES string of the molecule is CCCCCCCC(O)C1OC1CCCC=CC=CC(=O)O. The second-order valence-corrected chi connectivity index (χ2v) is 5.97. The van der Waals surface area contributed by atoms with Gasteiger partial charge >= 0.3 is 5.97 Å². The second kappa shape index (κ2) is 11.4. The molecule has 126 valence electrons. The van der Waals surface area contributed by atoms with E-state index in [-0.39, 0.29) is 18.3 Å². The summed E-state index contributed by atoms with van der Waals surface area (Å²) >= 11 is 0. The summed E-state index contributed by atoms with van der Waals surface area (Å²) in [4.78, 5) is 10.3. The van der Waals surface area contributed by atoms with Crippen LogP contribution < -0.4 is 0 Å². The minimum absolute atomic E-state index is 0.0436. The summed E-state index contributed by atoms with van der Waals surface area (Å²) in [7, 11) is 0. The van der Waals surface area contributed by atoms with Crippen molar-refractivity contribution in [1.29, 1.82) is 0 Å². The van der Waals surface area contributed by atoms with Gasteiger partial charge in [0.25, 0.3) is 0 Å². The smallest absolute Gasteiger partial charge is 0.328 e. The summed E-state index contributed by atoms with van der Waals surface area (Å²) in [6.07, 6.45) is 16.1. The molecule has 0 aliphatic carbocycles. The maximum absolute atomic E-state index is 10.3. The van der Waals surface area contributed by atoms with Gasteiger partial charge in [0, 0.05) is 6.08 Å². The molecule has 1 aliphatic rings. The van der Waals surface area contributed by atoms with E-state index >= 15 is 0 Å². The van der Waals surface area contributed by atoms with Gasteiger partial charge in [0.1, 0.15) is 6.10 Å². The number of carboxylic acids is 1. The molecule has 0 aromatic carbocycles. The van der Waals surface area contributed by atoms with Crippen molar-refractivity contribution in [3.05, 3.63) is 24.3 Å². The van der Waals surface area contributed by atoms with E-state index in [1.165, 1.54) is 31.8 Å². The number of hydrogen-bond donors (Lipinski definition) is 2. The van der Waals surface area contributed by atoms with Crippen LogP contribution in [0.5, 0.6) is 0 Å². The lowest BCUT2D eigenvalue weighted by molar-refractivity contribution is -0.131. The zero-order valence-corrected chi connectivity index (χ0v) is 13.6. The van der Waals surface area contributed by atoms with Crippen molar-refractivity contribution in [2.45, 2.75) is 83.0 Å². The largest absolute Gasteiger partial charge is 0.478 e. The predicted octanol–water partition coefficient (Wildman–Crippen LogP) is 3.84. The zero-order valence-electron chi connectivity index (χ0n) is 13.6. The first-order chi connectivity index (χ1) is 10.6. The molecule has 4 heteroatoms. The van der Waals surface area contributed by atoms with Crippen molar-refractivity contribution in [3.63, 3.8) is 0 Å². The Morgan fingerprint density at radius 3 is 2.68 bits per heavy atom. The Morgan fingerprint density at radius 1 is 1.18 bits per heavy atom. The maximum atomic E-state index is 10.3. The molecule has 2 N–H and O–H groups in total. The van der Waals surface area contributed by atoms with Crippen molar-refractivity contribution < 1.29 is 19.7 Å². The Kier molecular flexibility index (Phi) is 9.84. The molecule has 1 fully saturated rings. The number of epoxide rings is 1. The molecule has 1 aliphatic heterocycles. The van der Waals surface area contributed by atoms with Crippen LogP contribution in [0.1, 0.15) is 64.7 Å². The highest BCUT2D eigenvalue weighted by molar-refractivity contribution is 5.80. The average Bonchev–Trinajstić information content (AvgIpc) is 3.25. The number of aliphatic hydroxyl groups excluding tert-OH is 1. The van der Waals surface area contributed by atoms with E-state index < -0.39 is 5.97 Å². The number of rotatable bonds is 13. The number of aliphatic carboxylic acids is 1. The van der Waals surface area contributed by atoms with Gasteiger partial charge < -0.3 is 14.9 Å². The highest BCUT2D eigenvalue weighted by atomic mass is 16.6. The van der Waals surface area contributed by atoms with Crippen molar-refractivity contribution in [2.24, 2.45) is 0 Å². The van der Waals surface area contributed by atoms with E-state index in [2.05, 4.69) is 6.92 Å². The summed E-state index contributed by atoms with van der Waals surface area (Å²) in [5.74, 6) is -0.928. The lowest BCUT2D eigenvalue weighted by Gasteiger charge is -2.07. The van der Waals surface area contributed by atoms with Crippen LogP contribution in [0.3, 0.4) is 0 Å². The minimum Gasteiger partial charge on any atom is -0.478 e. The monoisotopic (exact) mass is 310 g/mol. The standard InChI is InChI=1S/C18H30O4/c1-2-3-4-6-9-12-15(19)18-16(22-18)13-10-7-5-8-11-14-17(20)21/h5,8,11,14-16,18-19H,2-4,6-7,9-10,12-13H2,1H3,(H,20,21). The van der Waals surface area contributed by atoms with Gasteiger partial charge in [0.2, 0.25) is 0 Å². The number of aliphatic hydroxyl groups is 1. The minimum atomic E-state index is -0.928. The van der Waals surface area contributed by atoms with Crippen LogP contribution in [0.15, 0.2) is 24.3 Å². The highest BCUT2D eigenvalue weighted by Gasteiger charge is 2.42. The molecule has 0 bridgehead atoms. The third-order valence-corrected chi connectivity index (χ3v) is 3.95. The van der Waals surface area contributed by atoms with Crippen LogP contribution in [0.4, 0.5) is 0 Å². The third kappa shape index (κ3) is 9.00. The quantitative estimate of drug-likeness (QED) is 0.235. The van der Waals surface area contributed by atoms with E-state index in [0.717, 1.165) is 38.2 Å². The van der Waals surface area contributed by atoms with Crippen LogP contribution in [-0.4, -0.2) is 34.5 Å². The van der Waals surface area contributed by atoms with Gasteiger partial charge in [0.05, 0.1) is 12.2 Å². The summed E-state index contributed by atoms with van der Waals surface area (Å²) < 4.78 is 5.55. The van der Waals surface area contributed by atoms with E-state index in [1.807, 2.05) is 6.08 Å². The van der Waals surface area contributed by atoms with Gasteiger partial charge in [-0.1, -0.05) is 57.3 Å². The molecule has 22 heavy (non-hydrogen) atoms. The topological polar surface area (TPSA) is 70.1 Å². The van der Waals surface area contributed by atoms with E-state index in [1.54, 1.807) is 6.08 Å². The third-order valence-electron chi connectivity index (χ3n) is 3.95. The van der Waals surface area contributed by atoms with Gasteiger partial charge in [-0.3, -0.25) is 0 Å². The zero-order chi connectivity index (χ0) is 16.2. The molecule has 0 spiro atoms. The predicted molar refractivity (Wildman–Crippen MR) is 87.8 cm³/mol. The first-order valence-electron chi connectivity index (χ1n) is 8.54. The molecule has 1 heterocycles. The number of carbonyl (C=O) groups is 1. The summed E-state index contributed by atoms with van der Waals surface area (Å²) in [5, 5.41) is 18.5. The van der Waals surface area contributed by atoms with E-state index in [9.17, 15) is 9.90 Å². The lowest BCUT2D eigenvalue weighted by atomic mass is 10.0. The molecular formula is C18H30O4. The number of carboxylic acid groups (broad SMARTS) is 1. The number of hydrogen-bond acceptors (Lipinski definition) is 3. The van der Waals surface area contributed by atoms with Crippen molar-refractivity contribution in [2.75, 3.05) is 0 Å².